The van der Waals surface area contributed by atoms with Crippen LogP contribution in [0.25, 0.3) is 11.2 Å². The standard InChI is InChI=1S/C17H17BrN8O7/c18-7-2-1-6(3-8(7)26(31)32)4-20-24-17-21-10-13(22-16(19)23-14(10)30)25(17)15-12(29)11(28)9(5-27)33-15/h1-4,9,11-12,15,27-29H,5H2,(H,21,24)(H3,19,22,23,30)/b20-4+/t9-,11+,12+,15-/m0/s1. The van der Waals surface area contributed by atoms with Crippen molar-refractivity contribution in [3.63, 3.8) is 0 Å². The van der Waals surface area contributed by atoms with Crippen LogP contribution in [0.5, 0.6) is 0 Å². The van der Waals surface area contributed by atoms with E-state index >= 15 is 0 Å². The maximum atomic E-state index is 12.3. The summed E-state index contributed by atoms with van der Waals surface area (Å²) in [6, 6.07) is 4.35. The Morgan fingerprint density at radius 1 is 1.39 bits per heavy atom. The highest BCUT2D eigenvalue weighted by molar-refractivity contribution is 9.10. The number of imidazole rings is 1. The largest absolute Gasteiger partial charge is 0.394 e. The Balaban J connectivity index is 1.74. The molecule has 33 heavy (non-hydrogen) atoms. The normalized spacial score (nSPS) is 22.9. The molecule has 2 aromatic heterocycles. The molecule has 0 saturated carbocycles. The molecular formula is C17H17BrN8O7. The number of nitrogens with two attached hydrogens (primary N) is 1. The minimum Gasteiger partial charge on any atom is -0.394 e. The SMILES string of the molecule is Nc1nc2c(nc(N/N=C/c3ccc(Br)c([N+](=O)[O-])c3)n2[C@H]2O[C@@H](CO)[C@@H](O)[C@H]2O)c(=O)[nH]1. The maximum Gasteiger partial charge on any atom is 0.284 e. The van der Waals surface area contributed by atoms with Crippen LogP contribution in [0.2, 0.25) is 0 Å². The second-order valence-electron chi connectivity index (χ2n) is 7.00. The third-order valence-electron chi connectivity index (χ3n) is 4.89. The zero-order valence-corrected chi connectivity index (χ0v) is 18.1. The lowest BCUT2D eigenvalue weighted by Crippen LogP contribution is -2.33. The number of fused-ring (bicyclic) bond motifs is 1. The summed E-state index contributed by atoms with van der Waals surface area (Å²) in [4.78, 5) is 33.3. The van der Waals surface area contributed by atoms with Gasteiger partial charge in [-0.25, -0.2) is 10.4 Å². The lowest BCUT2D eigenvalue weighted by molar-refractivity contribution is -0.385. The van der Waals surface area contributed by atoms with Crippen LogP contribution in [-0.4, -0.2) is 70.9 Å². The molecule has 0 bridgehead atoms. The second-order valence-corrected chi connectivity index (χ2v) is 7.85. The van der Waals surface area contributed by atoms with Crippen molar-refractivity contribution < 1.29 is 25.0 Å². The number of hydrazone groups is 1. The number of benzene rings is 1. The lowest BCUT2D eigenvalue weighted by Gasteiger charge is -2.18. The van der Waals surface area contributed by atoms with Crippen LogP contribution in [-0.2, 0) is 4.74 Å². The van der Waals surface area contributed by atoms with E-state index < -0.39 is 41.6 Å². The van der Waals surface area contributed by atoms with Gasteiger partial charge < -0.3 is 25.8 Å². The number of hydrogen-bond donors (Lipinski definition) is 6. The van der Waals surface area contributed by atoms with Crippen molar-refractivity contribution in [2.75, 3.05) is 17.8 Å². The second kappa shape index (κ2) is 8.83. The third-order valence-corrected chi connectivity index (χ3v) is 5.56. The molecule has 0 unspecified atom stereocenters. The van der Waals surface area contributed by atoms with Crippen molar-refractivity contribution in [1.82, 2.24) is 19.5 Å². The van der Waals surface area contributed by atoms with Gasteiger partial charge in [-0.2, -0.15) is 10.1 Å². The zero-order valence-electron chi connectivity index (χ0n) is 16.5. The first-order valence-electron chi connectivity index (χ1n) is 9.34. The average Bonchev–Trinajstić information content (AvgIpc) is 3.26. The molecule has 16 heteroatoms. The number of H-pyrrole nitrogens is 1. The van der Waals surface area contributed by atoms with E-state index in [9.17, 15) is 30.2 Å². The van der Waals surface area contributed by atoms with Gasteiger partial charge in [-0.1, -0.05) is 6.07 Å². The topological polar surface area (TPSA) is 227 Å². The first kappa shape index (κ1) is 22.7. The molecule has 3 aromatic rings. The number of aliphatic hydroxyl groups excluding tert-OH is 3. The molecule has 0 aliphatic carbocycles. The van der Waals surface area contributed by atoms with Crippen molar-refractivity contribution >= 4 is 50.9 Å². The van der Waals surface area contributed by atoms with E-state index in [4.69, 9.17) is 10.5 Å². The molecule has 0 radical (unpaired) electrons. The Morgan fingerprint density at radius 3 is 2.82 bits per heavy atom. The fraction of sp³-hybridized carbons (Fsp3) is 0.294. The maximum absolute atomic E-state index is 12.3. The van der Waals surface area contributed by atoms with Crippen molar-refractivity contribution in [3.05, 3.63) is 48.7 Å². The van der Waals surface area contributed by atoms with E-state index in [0.717, 1.165) is 0 Å². The van der Waals surface area contributed by atoms with E-state index in [1.165, 1.54) is 22.9 Å². The molecule has 174 valence electrons. The molecule has 4 rings (SSSR count). The van der Waals surface area contributed by atoms with Crippen LogP contribution >= 0.6 is 15.9 Å². The summed E-state index contributed by atoms with van der Waals surface area (Å²) >= 11 is 3.10. The first-order chi connectivity index (χ1) is 15.7. The summed E-state index contributed by atoms with van der Waals surface area (Å²) in [6.45, 7) is -0.569. The molecule has 4 atom stereocenters. The minimum atomic E-state index is -1.50. The molecule has 7 N–H and O–H groups in total. The van der Waals surface area contributed by atoms with E-state index in [1.807, 2.05) is 0 Å². The summed E-state index contributed by atoms with van der Waals surface area (Å²) in [5, 5.41) is 45.1. The highest BCUT2D eigenvalue weighted by atomic mass is 79.9. The number of anilines is 2. The van der Waals surface area contributed by atoms with Crippen LogP contribution in [0.4, 0.5) is 17.6 Å². The third kappa shape index (κ3) is 4.16. The Labute approximate surface area is 191 Å². The Hall–Kier alpha value is -3.44. The number of aromatic nitrogens is 4. The summed E-state index contributed by atoms with van der Waals surface area (Å²) in [5.74, 6) is -0.330. The van der Waals surface area contributed by atoms with Gasteiger partial charge in [0.2, 0.25) is 11.9 Å². The van der Waals surface area contributed by atoms with E-state index in [2.05, 4.69) is 41.4 Å². The van der Waals surface area contributed by atoms with E-state index in [-0.39, 0.29) is 28.7 Å². The molecule has 1 aliphatic rings. The molecular weight excluding hydrogens is 508 g/mol. The van der Waals surface area contributed by atoms with Gasteiger partial charge in [-0.15, -0.1) is 0 Å². The molecule has 0 spiro atoms. The Kier molecular flexibility index (Phi) is 6.09. The van der Waals surface area contributed by atoms with Gasteiger partial charge in [0.1, 0.15) is 18.3 Å². The number of nitrogen functional groups attached to an aromatic ring is 1. The lowest BCUT2D eigenvalue weighted by atomic mass is 10.1. The number of ether oxygens (including phenoxy) is 1. The van der Waals surface area contributed by atoms with Crippen molar-refractivity contribution in [1.29, 1.82) is 0 Å². The predicted molar refractivity (Wildman–Crippen MR) is 118 cm³/mol. The highest BCUT2D eigenvalue weighted by Gasteiger charge is 2.45. The summed E-state index contributed by atoms with van der Waals surface area (Å²) in [5.41, 5.74) is 7.54. The highest BCUT2D eigenvalue weighted by Crippen LogP contribution is 2.34. The van der Waals surface area contributed by atoms with Crippen LogP contribution < -0.4 is 16.7 Å². The van der Waals surface area contributed by atoms with Crippen molar-refractivity contribution in [2.24, 2.45) is 5.10 Å². The number of nitrogens with zero attached hydrogens (tertiary/aromatic N) is 5. The van der Waals surface area contributed by atoms with E-state index in [0.29, 0.717) is 10.0 Å². The monoisotopic (exact) mass is 524 g/mol. The summed E-state index contributed by atoms with van der Waals surface area (Å²) in [7, 11) is 0. The number of hydrogen-bond acceptors (Lipinski definition) is 12. The minimum absolute atomic E-state index is 0.0666. The van der Waals surface area contributed by atoms with Gasteiger partial charge >= 0.3 is 0 Å². The smallest absolute Gasteiger partial charge is 0.284 e. The number of nitro benzene ring substituents is 1. The first-order valence-corrected chi connectivity index (χ1v) is 10.1. The average molecular weight is 525 g/mol. The van der Waals surface area contributed by atoms with Gasteiger partial charge in [0.15, 0.2) is 17.4 Å². The molecule has 1 saturated heterocycles. The van der Waals surface area contributed by atoms with Gasteiger partial charge in [0.05, 0.1) is 22.2 Å². The van der Waals surface area contributed by atoms with Gasteiger partial charge in [0, 0.05) is 11.6 Å². The fourth-order valence-electron chi connectivity index (χ4n) is 3.33. The van der Waals surface area contributed by atoms with Crippen LogP contribution in [0.15, 0.2) is 32.6 Å². The van der Waals surface area contributed by atoms with Gasteiger partial charge in [-0.05, 0) is 22.0 Å². The van der Waals surface area contributed by atoms with Gasteiger partial charge in [-0.3, -0.25) is 24.5 Å². The fourth-order valence-corrected chi connectivity index (χ4v) is 3.72. The number of aliphatic hydroxyl groups is 3. The van der Waals surface area contributed by atoms with Crippen molar-refractivity contribution in [3.8, 4) is 0 Å². The summed E-state index contributed by atoms with van der Waals surface area (Å²) in [6.07, 6.45) is -4.03. The Morgan fingerprint density at radius 2 is 2.15 bits per heavy atom. The molecule has 1 aliphatic heterocycles. The van der Waals surface area contributed by atoms with Crippen LogP contribution in [0, 0.1) is 10.1 Å². The van der Waals surface area contributed by atoms with E-state index in [1.54, 1.807) is 6.07 Å². The summed E-state index contributed by atoms with van der Waals surface area (Å²) < 4.78 is 7.01. The number of aromatic amines is 1. The molecule has 1 aromatic carbocycles. The van der Waals surface area contributed by atoms with Crippen LogP contribution in [0.3, 0.4) is 0 Å². The Bertz CT molecular complexity index is 1310. The molecule has 15 nitrogen and oxygen atoms in total. The number of nitrogens with one attached hydrogen (secondary N) is 2. The van der Waals surface area contributed by atoms with Crippen LogP contribution in [0.1, 0.15) is 11.8 Å². The quantitative estimate of drug-likeness (QED) is 0.136. The predicted octanol–water partition coefficient (Wildman–Crippen LogP) is -0.570. The molecule has 0 amide bonds. The number of rotatable bonds is 6. The van der Waals surface area contributed by atoms with Gasteiger partial charge in [0.25, 0.3) is 11.2 Å². The molecule has 3 heterocycles. The van der Waals surface area contributed by atoms with Crippen molar-refractivity contribution in [2.45, 2.75) is 24.5 Å². The zero-order chi connectivity index (χ0) is 23.9. The number of halogens is 1. The molecule has 1 fully saturated rings. The number of nitro groups is 1.